The highest BCUT2D eigenvalue weighted by Crippen LogP contribution is 2.23. The van der Waals surface area contributed by atoms with Crippen LogP contribution in [0.5, 0.6) is 5.75 Å². The monoisotopic (exact) mass is 279 g/mol. The van der Waals surface area contributed by atoms with Crippen molar-refractivity contribution < 1.29 is 9.66 Å². The molecule has 19 heavy (non-hydrogen) atoms. The molecule has 6 nitrogen and oxygen atoms in total. The minimum absolute atomic E-state index is 0.0381. The van der Waals surface area contributed by atoms with E-state index in [0.29, 0.717) is 22.2 Å². The topological polar surface area (TPSA) is 78.2 Å². The number of benzene rings is 1. The molecule has 7 heteroatoms. The van der Waals surface area contributed by atoms with Crippen molar-refractivity contribution in [3.8, 4) is 5.75 Å². The number of rotatable bonds is 4. The Balaban J connectivity index is 2.07. The van der Waals surface area contributed by atoms with Crippen LogP contribution in [0.15, 0.2) is 30.6 Å². The molecule has 0 N–H and O–H groups in total. The van der Waals surface area contributed by atoms with Gasteiger partial charge in [0.25, 0.3) is 5.69 Å². The summed E-state index contributed by atoms with van der Waals surface area (Å²) in [4.78, 5) is 18.1. The zero-order valence-electron chi connectivity index (χ0n) is 10.0. The third-order valence-corrected chi connectivity index (χ3v) is 2.61. The Morgan fingerprint density at radius 2 is 2.16 bits per heavy atom. The van der Waals surface area contributed by atoms with Crippen LogP contribution in [0.25, 0.3) is 0 Å². The molecule has 1 heterocycles. The van der Waals surface area contributed by atoms with Gasteiger partial charge in [0.05, 0.1) is 23.0 Å². The molecule has 0 saturated carbocycles. The summed E-state index contributed by atoms with van der Waals surface area (Å²) in [6.45, 7) is 1.97. The lowest BCUT2D eigenvalue weighted by molar-refractivity contribution is -0.384. The predicted octanol–water partition coefficient (Wildman–Crippen LogP) is 2.93. The van der Waals surface area contributed by atoms with Crippen LogP contribution in [0, 0.1) is 17.0 Å². The largest absolute Gasteiger partial charge is 0.487 e. The van der Waals surface area contributed by atoms with Crippen molar-refractivity contribution in [3.05, 3.63) is 57.1 Å². The number of hydrogen-bond acceptors (Lipinski definition) is 5. The lowest BCUT2D eigenvalue weighted by Crippen LogP contribution is -2.00. The van der Waals surface area contributed by atoms with Crippen LogP contribution in [0.4, 0.5) is 5.69 Å². The zero-order valence-corrected chi connectivity index (χ0v) is 10.8. The summed E-state index contributed by atoms with van der Waals surface area (Å²) >= 11 is 5.62. The van der Waals surface area contributed by atoms with E-state index < -0.39 is 4.92 Å². The third kappa shape index (κ3) is 3.38. The number of ether oxygens (including phenoxy) is 1. The van der Waals surface area contributed by atoms with Gasteiger partial charge < -0.3 is 4.74 Å². The Bertz CT molecular complexity index is 602. The van der Waals surface area contributed by atoms with Gasteiger partial charge in [0, 0.05) is 12.1 Å². The molecular formula is C12H10ClN3O3. The van der Waals surface area contributed by atoms with E-state index in [1.165, 1.54) is 24.5 Å². The standard InChI is InChI=1S/C12H10ClN3O3/c1-8-4-10(16(17)18)2-3-11(8)19-7-9-5-15-12(13)6-14-9/h2-6H,7H2,1H3. The van der Waals surface area contributed by atoms with Crippen LogP contribution in [-0.2, 0) is 6.61 Å². The number of non-ortho nitro benzene ring substituents is 1. The normalized spacial score (nSPS) is 10.2. The van der Waals surface area contributed by atoms with Gasteiger partial charge in [0.1, 0.15) is 17.5 Å². The van der Waals surface area contributed by atoms with Gasteiger partial charge in [-0.05, 0) is 18.6 Å². The lowest BCUT2D eigenvalue weighted by Gasteiger charge is -2.08. The van der Waals surface area contributed by atoms with E-state index >= 15 is 0 Å². The van der Waals surface area contributed by atoms with E-state index in [0.717, 1.165) is 0 Å². The number of aromatic nitrogens is 2. The smallest absolute Gasteiger partial charge is 0.269 e. The van der Waals surface area contributed by atoms with E-state index in [-0.39, 0.29) is 12.3 Å². The maximum atomic E-state index is 10.6. The summed E-state index contributed by atoms with van der Waals surface area (Å²) in [5, 5.41) is 10.9. The molecule has 0 aliphatic rings. The van der Waals surface area contributed by atoms with Crippen molar-refractivity contribution in [3.63, 3.8) is 0 Å². The molecule has 0 aliphatic carbocycles. The number of halogens is 1. The van der Waals surface area contributed by atoms with Crippen LogP contribution < -0.4 is 4.74 Å². The van der Waals surface area contributed by atoms with Crippen molar-refractivity contribution in [2.24, 2.45) is 0 Å². The van der Waals surface area contributed by atoms with Gasteiger partial charge in [-0.1, -0.05) is 11.6 Å². The summed E-state index contributed by atoms with van der Waals surface area (Å²) in [5.41, 5.74) is 1.36. The first kappa shape index (κ1) is 13.2. The Labute approximate surface area is 114 Å². The molecule has 0 amide bonds. The summed E-state index contributed by atoms with van der Waals surface area (Å²) in [6, 6.07) is 4.43. The van der Waals surface area contributed by atoms with Crippen LogP contribution in [0.1, 0.15) is 11.3 Å². The number of nitro benzene ring substituents is 1. The molecule has 0 radical (unpaired) electrons. The second-order valence-electron chi connectivity index (χ2n) is 3.83. The summed E-state index contributed by atoms with van der Waals surface area (Å²) in [5.74, 6) is 0.572. The summed E-state index contributed by atoms with van der Waals surface area (Å²) in [6.07, 6.45) is 2.95. The van der Waals surface area contributed by atoms with E-state index in [1.54, 1.807) is 13.0 Å². The van der Waals surface area contributed by atoms with Crippen LogP contribution in [0.3, 0.4) is 0 Å². The minimum atomic E-state index is -0.443. The Morgan fingerprint density at radius 3 is 2.74 bits per heavy atom. The Hall–Kier alpha value is -2.21. The Kier molecular flexibility index (Phi) is 3.91. The van der Waals surface area contributed by atoms with Crippen LogP contribution >= 0.6 is 11.6 Å². The predicted molar refractivity (Wildman–Crippen MR) is 69.2 cm³/mol. The zero-order chi connectivity index (χ0) is 13.8. The second kappa shape index (κ2) is 5.62. The Morgan fingerprint density at radius 1 is 1.37 bits per heavy atom. The average Bonchev–Trinajstić information content (AvgIpc) is 2.39. The first-order valence-electron chi connectivity index (χ1n) is 5.40. The minimum Gasteiger partial charge on any atom is -0.487 e. The highest BCUT2D eigenvalue weighted by molar-refractivity contribution is 6.29. The molecule has 98 valence electrons. The van der Waals surface area contributed by atoms with Crippen molar-refractivity contribution >= 4 is 17.3 Å². The highest BCUT2D eigenvalue weighted by atomic mass is 35.5. The molecule has 1 aromatic heterocycles. The van der Waals surface area contributed by atoms with Gasteiger partial charge in [-0.15, -0.1) is 0 Å². The lowest BCUT2D eigenvalue weighted by atomic mass is 10.2. The van der Waals surface area contributed by atoms with Gasteiger partial charge in [0.15, 0.2) is 0 Å². The molecule has 1 aromatic carbocycles. The van der Waals surface area contributed by atoms with Gasteiger partial charge >= 0.3 is 0 Å². The van der Waals surface area contributed by atoms with E-state index in [1.807, 2.05) is 0 Å². The number of aryl methyl sites for hydroxylation is 1. The van der Waals surface area contributed by atoms with Crippen molar-refractivity contribution in [1.82, 2.24) is 9.97 Å². The number of nitro groups is 1. The maximum absolute atomic E-state index is 10.6. The SMILES string of the molecule is Cc1cc([N+](=O)[O-])ccc1OCc1cnc(Cl)cn1. The van der Waals surface area contributed by atoms with Gasteiger partial charge in [0.2, 0.25) is 0 Å². The molecule has 0 unspecified atom stereocenters. The number of nitrogens with zero attached hydrogens (tertiary/aromatic N) is 3. The average molecular weight is 280 g/mol. The molecule has 0 spiro atoms. The molecule has 0 aliphatic heterocycles. The molecule has 2 aromatic rings. The van der Waals surface area contributed by atoms with Crippen molar-refractivity contribution in [2.75, 3.05) is 0 Å². The summed E-state index contributed by atoms with van der Waals surface area (Å²) in [7, 11) is 0. The molecular weight excluding hydrogens is 270 g/mol. The summed E-state index contributed by atoms with van der Waals surface area (Å²) < 4.78 is 5.53. The van der Waals surface area contributed by atoms with E-state index in [9.17, 15) is 10.1 Å². The van der Waals surface area contributed by atoms with Crippen molar-refractivity contribution in [2.45, 2.75) is 13.5 Å². The maximum Gasteiger partial charge on any atom is 0.269 e. The van der Waals surface area contributed by atoms with Gasteiger partial charge in [-0.3, -0.25) is 15.1 Å². The fourth-order valence-electron chi connectivity index (χ4n) is 1.47. The number of hydrogen-bond donors (Lipinski definition) is 0. The first-order chi connectivity index (χ1) is 9.06. The van der Waals surface area contributed by atoms with Crippen molar-refractivity contribution in [1.29, 1.82) is 0 Å². The fraction of sp³-hybridized carbons (Fsp3) is 0.167. The van der Waals surface area contributed by atoms with E-state index in [4.69, 9.17) is 16.3 Å². The highest BCUT2D eigenvalue weighted by Gasteiger charge is 2.09. The van der Waals surface area contributed by atoms with E-state index in [2.05, 4.69) is 9.97 Å². The van der Waals surface area contributed by atoms with Gasteiger partial charge in [-0.25, -0.2) is 4.98 Å². The molecule has 0 atom stereocenters. The molecule has 2 rings (SSSR count). The quantitative estimate of drug-likeness (QED) is 0.635. The molecule has 0 fully saturated rings. The second-order valence-corrected chi connectivity index (χ2v) is 4.21. The van der Waals surface area contributed by atoms with Crippen LogP contribution in [0.2, 0.25) is 5.15 Å². The third-order valence-electron chi connectivity index (χ3n) is 2.42. The molecule has 0 bridgehead atoms. The first-order valence-corrected chi connectivity index (χ1v) is 5.78. The van der Waals surface area contributed by atoms with Crippen LogP contribution in [-0.4, -0.2) is 14.9 Å². The van der Waals surface area contributed by atoms with Gasteiger partial charge in [-0.2, -0.15) is 0 Å². The molecule has 0 saturated heterocycles. The fourth-order valence-corrected chi connectivity index (χ4v) is 1.57.